The number of halogens is 3. The summed E-state index contributed by atoms with van der Waals surface area (Å²) in [5, 5.41) is 20.4. The van der Waals surface area contributed by atoms with Crippen molar-refractivity contribution < 1.29 is 27.4 Å². The molecule has 0 aromatic heterocycles. The van der Waals surface area contributed by atoms with E-state index < -0.39 is 38.9 Å². The molecule has 6 nitrogen and oxygen atoms in total. The fourth-order valence-corrected chi connectivity index (χ4v) is 2.27. The normalized spacial score (nSPS) is 17.0. The van der Waals surface area contributed by atoms with Crippen LogP contribution >= 0.6 is 0 Å². The van der Waals surface area contributed by atoms with Crippen molar-refractivity contribution in [2.24, 2.45) is 4.40 Å². The van der Waals surface area contributed by atoms with Crippen molar-refractivity contribution in [3.8, 4) is 0 Å². The third-order valence-corrected chi connectivity index (χ3v) is 4.68. The lowest BCUT2D eigenvalue weighted by Crippen LogP contribution is -2.44. The van der Waals surface area contributed by atoms with E-state index in [1.165, 1.54) is 12.1 Å². The minimum Gasteiger partial charge on any atom is -0.380 e. The van der Waals surface area contributed by atoms with Crippen molar-refractivity contribution in [1.29, 1.82) is 0 Å². The van der Waals surface area contributed by atoms with Crippen LogP contribution in [0.2, 0.25) is 0 Å². The smallest absolute Gasteiger partial charge is 0.380 e. The molecular weight excluding hydrogens is 361 g/mol. The summed E-state index contributed by atoms with van der Waals surface area (Å²) in [6, 6.07) is 4.63. The average molecular weight is 380 g/mol. The van der Waals surface area contributed by atoms with E-state index in [4.69, 9.17) is 0 Å². The van der Waals surface area contributed by atoms with Gasteiger partial charge in [0.1, 0.15) is 11.0 Å². The van der Waals surface area contributed by atoms with Crippen molar-refractivity contribution in [3.05, 3.63) is 39.9 Å². The van der Waals surface area contributed by atoms with Gasteiger partial charge in [-0.25, -0.2) is 4.21 Å². The van der Waals surface area contributed by atoms with Gasteiger partial charge in [0.25, 0.3) is 5.69 Å². The van der Waals surface area contributed by atoms with Crippen LogP contribution in [-0.4, -0.2) is 36.5 Å². The highest BCUT2D eigenvalue weighted by Crippen LogP contribution is 2.34. The summed E-state index contributed by atoms with van der Waals surface area (Å²) >= 11 is 0. The molecule has 0 saturated carbocycles. The van der Waals surface area contributed by atoms with E-state index in [-0.39, 0.29) is 17.0 Å². The lowest BCUT2D eigenvalue weighted by atomic mass is 9.94. The maximum atomic E-state index is 13.0. The molecule has 0 aliphatic rings. The Balaban J connectivity index is 3.36. The van der Waals surface area contributed by atoms with Crippen molar-refractivity contribution in [2.45, 2.75) is 50.6 Å². The van der Waals surface area contributed by atoms with Crippen LogP contribution in [0.1, 0.15) is 39.7 Å². The number of nitrogens with zero attached hydrogens (tertiary/aromatic N) is 2. The van der Waals surface area contributed by atoms with Crippen molar-refractivity contribution in [3.63, 3.8) is 0 Å². The predicted molar refractivity (Wildman–Crippen MR) is 88.8 cm³/mol. The van der Waals surface area contributed by atoms with Crippen LogP contribution in [0, 0.1) is 10.1 Å². The summed E-state index contributed by atoms with van der Waals surface area (Å²) in [4.78, 5) is 10.0. The summed E-state index contributed by atoms with van der Waals surface area (Å²) < 4.78 is 54.2. The highest BCUT2D eigenvalue weighted by atomic mass is 32.2. The Morgan fingerprint density at radius 2 is 1.68 bits per heavy atom. The van der Waals surface area contributed by atoms with Crippen LogP contribution in [0.25, 0.3) is 0 Å². The van der Waals surface area contributed by atoms with Gasteiger partial charge in [0.15, 0.2) is 5.60 Å². The fraction of sp³-hybridized carbons (Fsp3) is 0.533. The molecule has 140 valence electrons. The van der Waals surface area contributed by atoms with Crippen LogP contribution in [0.4, 0.5) is 18.9 Å². The number of aliphatic hydroxyl groups is 1. The van der Waals surface area contributed by atoms with Crippen LogP contribution in [-0.2, 0) is 11.0 Å². The number of nitro groups is 1. The number of non-ortho nitro benzene ring substituents is 1. The van der Waals surface area contributed by atoms with Gasteiger partial charge in [-0.1, -0.05) is 0 Å². The second-order valence-corrected chi connectivity index (χ2v) is 8.56. The Morgan fingerprint density at radius 3 is 2.04 bits per heavy atom. The predicted octanol–water partition coefficient (Wildman–Crippen LogP) is 3.55. The molecule has 0 aliphatic carbocycles. The molecule has 0 saturated heterocycles. The molecule has 1 aromatic rings. The molecule has 0 aliphatic heterocycles. The molecule has 0 bridgehead atoms. The number of alkyl halides is 3. The molecule has 10 heteroatoms. The van der Waals surface area contributed by atoms with E-state index in [2.05, 4.69) is 4.40 Å². The van der Waals surface area contributed by atoms with Gasteiger partial charge >= 0.3 is 6.18 Å². The number of hydrogen-bond acceptors (Lipinski definition) is 4. The molecule has 1 N–H and O–H groups in total. The van der Waals surface area contributed by atoms with Gasteiger partial charge in [-0.2, -0.15) is 17.6 Å². The second kappa shape index (κ2) is 7.20. The fourth-order valence-electron chi connectivity index (χ4n) is 1.63. The molecule has 1 aromatic carbocycles. The number of hydrogen-bond donors (Lipinski definition) is 1. The largest absolute Gasteiger partial charge is 0.417 e. The summed E-state index contributed by atoms with van der Waals surface area (Å²) in [7, 11) is -1.87. The SMILES string of the molecule is CC(C)(C)[S@@](=O)/N=C(\C[C@](C)(O)C(F)(F)F)c1ccc([N+](=O)[O-])cc1. The van der Waals surface area contributed by atoms with Gasteiger partial charge in [0, 0.05) is 18.6 Å². The minimum absolute atomic E-state index is 0.118. The second-order valence-electron chi connectivity index (χ2n) is 6.65. The van der Waals surface area contributed by atoms with Crippen molar-refractivity contribution >= 4 is 22.4 Å². The monoisotopic (exact) mass is 380 g/mol. The number of nitro benzene ring substituents is 1. The third kappa shape index (κ3) is 5.60. The molecule has 0 amide bonds. The first-order chi connectivity index (χ1) is 11.1. The van der Waals surface area contributed by atoms with E-state index in [0.717, 1.165) is 12.1 Å². The van der Waals surface area contributed by atoms with Gasteiger partial charge in [-0.05, 0) is 45.4 Å². The zero-order chi connectivity index (χ0) is 19.6. The Morgan fingerprint density at radius 1 is 1.20 bits per heavy atom. The third-order valence-electron chi connectivity index (χ3n) is 3.25. The Bertz CT molecular complexity index is 692. The van der Waals surface area contributed by atoms with Crippen LogP contribution < -0.4 is 0 Å². The van der Waals surface area contributed by atoms with E-state index in [9.17, 15) is 32.6 Å². The Labute approximate surface area is 145 Å². The molecule has 25 heavy (non-hydrogen) atoms. The van der Waals surface area contributed by atoms with Gasteiger partial charge in [0.2, 0.25) is 0 Å². The van der Waals surface area contributed by atoms with Gasteiger partial charge in [-0.15, -0.1) is 0 Å². The topological polar surface area (TPSA) is 92.8 Å². The van der Waals surface area contributed by atoms with Gasteiger partial charge in [-0.3, -0.25) is 10.1 Å². The van der Waals surface area contributed by atoms with E-state index in [0.29, 0.717) is 6.92 Å². The highest BCUT2D eigenvalue weighted by molar-refractivity contribution is 7.85. The van der Waals surface area contributed by atoms with Crippen molar-refractivity contribution in [1.82, 2.24) is 0 Å². The van der Waals surface area contributed by atoms with Crippen molar-refractivity contribution in [2.75, 3.05) is 0 Å². The molecule has 0 spiro atoms. The molecule has 0 radical (unpaired) electrons. The number of rotatable bonds is 5. The van der Waals surface area contributed by atoms with E-state index in [1.54, 1.807) is 20.8 Å². The van der Waals surface area contributed by atoms with Crippen LogP contribution in [0.3, 0.4) is 0 Å². The molecule has 0 unspecified atom stereocenters. The standard InChI is InChI=1S/C15H19F3N2O4S/c1-13(2,3)25(24)19-12(9-14(4,21)15(16,17)18)10-5-7-11(8-6-10)20(22)23/h5-8,21H,9H2,1-4H3/b19-12+/t14-,25+/m0/s1. The first-order valence-corrected chi connectivity index (χ1v) is 8.29. The van der Waals surface area contributed by atoms with Gasteiger partial charge in [0.05, 0.1) is 15.4 Å². The molecule has 0 heterocycles. The first kappa shape index (κ1) is 21.2. The van der Waals surface area contributed by atoms with E-state index in [1.807, 2.05) is 0 Å². The van der Waals surface area contributed by atoms with E-state index >= 15 is 0 Å². The molecule has 0 fully saturated rings. The molecular formula is C15H19F3N2O4S. The quantitative estimate of drug-likeness (QED) is 0.480. The lowest BCUT2D eigenvalue weighted by molar-refractivity contribution is -0.384. The number of benzene rings is 1. The van der Waals surface area contributed by atoms with Crippen LogP contribution in [0.5, 0.6) is 0 Å². The Hall–Kier alpha value is -1.81. The summed E-state index contributed by atoms with van der Waals surface area (Å²) in [5.41, 5.74) is -3.46. The van der Waals surface area contributed by atoms with Gasteiger partial charge < -0.3 is 5.11 Å². The zero-order valence-corrected chi connectivity index (χ0v) is 14.9. The Kier molecular flexibility index (Phi) is 6.12. The maximum absolute atomic E-state index is 13.0. The lowest BCUT2D eigenvalue weighted by Gasteiger charge is -2.27. The highest BCUT2D eigenvalue weighted by Gasteiger charge is 2.50. The first-order valence-electron chi connectivity index (χ1n) is 7.18. The van der Waals surface area contributed by atoms with Crippen LogP contribution in [0.15, 0.2) is 28.7 Å². The minimum atomic E-state index is -4.92. The summed E-state index contributed by atoms with van der Waals surface area (Å²) in [5.74, 6) is 0. The maximum Gasteiger partial charge on any atom is 0.417 e. The molecule has 1 rings (SSSR count). The average Bonchev–Trinajstić information content (AvgIpc) is 2.44. The molecule has 2 atom stereocenters. The summed E-state index contributed by atoms with van der Waals surface area (Å²) in [6.45, 7) is 5.39. The zero-order valence-electron chi connectivity index (χ0n) is 14.1. The summed E-state index contributed by atoms with van der Waals surface area (Å²) in [6.07, 6.45) is -5.85.